The number of hydrogen-bond acceptors (Lipinski definition) is 4. The fourth-order valence-corrected chi connectivity index (χ4v) is 0.709. The van der Waals surface area contributed by atoms with Crippen molar-refractivity contribution < 1.29 is 5.21 Å². The fraction of sp³-hybridized carbons (Fsp3) is 0.286. The van der Waals surface area contributed by atoms with Crippen LogP contribution in [0.2, 0.25) is 0 Å². The van der Waals surface area contributed by atoms with Crippen LogP contribution >= 0.6 is 0 Å². The van der Waals surface area contributed by atoms with Gasteiger partial charge in [0.15, 0.2) is 0 Å². The third kappa shape index (κ3) is 1.73. The molecule has 1 aromatic rings. The first-order chi connectivity index (χ1) is 5.24. The average Bonchev–Trinajstić information content (AvgIpc) is 2.03. The molecule has 0 radical (unpaired) electrons. The Bertz CT molecular complexity index is 283. The minimum absolute atomic E-state index is 0.496. The van der Waals surface area contributed by atoms with Gasteiger partial charge in [0.2, 0.25) is 0 Å². The lowest BCUT2D eigenvalue weighted by Gasteiger charge is -1.96. The van der Waals surface area contributed by atoms with E-state index in [9.17, 15) is 0 Å². The molecule has 0 saturated heterocycles. The highest BCUT2D eigenvalue weighted by atomic mass is 16.4. The molecule has 0 spiro atoms. The average molecular weight is 151 g/mol. The smallest absolute Gasteiger partial charge is 0.125 e. The monoisotopic (exact) mass is 151 g/mol. The van der Waals surface area contributed by atoms with Gasteiger partial charge in [0.05, 0.1) is 5.69 Å². The zero-order chi connectivity index (χ0) is 8.27. The summed E-state index contributed by atoms with van der Waals surface area (Å²) < 4.78 is 0. The number of hydrogen-bond donors (Lipinski definition) is 1. The second kappa shape index (κ2) is 3.09. The highest BCUT2D eigenvalue weighted by Gasteiger charge is 1.98. The van der Waals surface area contributed by atoms with Crippen LogP contribution in [-0.4, -0.2) is 20.9 Å². The second-order valence-corrected chi connectivity index (χ2v) is 2.17. The van der Waals surface area contributed by atoms with Crippen molar-refractivity contribution in [1.82, 2.24) is 9.97 Å². The van der Waals surface area contributed by atoms with Gasteiger partial charge in [0.1, 0.15) is 11.5 Å². The summed E-state index contributed by atoms with van der Waals surface area (Å²) in [6.45, 7) is 3.47. The molecular formula is C7H9N3O. The van der Waals surface area contributed by atoms with E-state index < -0.39 is 0 Å². The molecule has 58 valence electrons. The molecule has 0 unspecified atom stereocenters. The van der Waals surface area contributed by atoms with Crippen LogP contribution in [0.3, 0.4) is 0 Å². The van der Waals surface area contributed by atoms with Crippen LogP contribution in [0.5, 0.6) is 0 Å². The molecule has 1 rings (SSSR count). The summed E-state index contributed by atoms with van der Waals surface area (Å²) in [6, 6.07) is 1.70. The Morgan fingerprint density at radius 2 is 2.36 bits per heavy atom. The third-order valence-electron chi connectivity index (χ3n) is 1.30. The molecule has 1 N–H and O–H groups in total. The van der Waals surface area contributed by atoms with Crippen LogP contribution in [0.15, 0.2) is 17.4 Å². The van der Waals surface area contributed by atoms with E-state index in [1.165, 1.54) is 0 Å². The van der Waals surface area contributed by atoms with Gasteiger partial charge in [-0.3, -0.25) is 0 Å². The molecule has 4 nitrogen and oxygen atoms in total. The lowest BCUT2D eigenvalue weighted by Crippen LogP contribution is -2.00. The number of rotatable bonds is 1. The highest BCUT2D eigenvalue weighted by Crippen LogP contribution is 1.95. The Labute approximate surface area is 64.6 Å². The van der Waals surface area contributed by atoms with E-state index in [1.807, 2.05) is 0 Å². The quantitative estimate of drug-likeness (QED) is 0.370. The van der Waals surface area contributed by atoms with Crippen molar-refractivity contribution in [3.8, 4) is 0 Å². The van der Waals surface area contributed by atoms with Crippen LogP contribution in [-0.2, 0) is 0 Å². The van der Waals surface area contributed by atoms with Gasteiger partial charge in [0, 0.05) is 6.20 Å². The first-order valence-electron chi connectivity index (χ1n) is 3.22. The SMILES string of the molecule is C/C(=N\O)c1ccnc(C)n1. The fourth-order valence-electron chi connectivity index (χ4n) is 0.709. The minimum atomic E-state index is 0.496. The van der Waals surface area contributed by atoms with Gasteiger partial charge in [0.25, 0.3) is 0 Å². The summed E-state index contributed by atoms with van der Waals surface area (Å²) in [6.07, 6.45) is 1.63. The molecule has 0 aliphatic heterocycles. The molecule has 0 atom stereocenters. The molecule has 0 aliphatic carbocycles. The van der Waals surface area contributed by atoms with Crippen molar-refractivity contribution in [3.05, 3.63) is 23.8 Å². The van der Waals surface area contributed by atoms with E-state index in [-0.39, 0.29) is 0 Å². The molecule has 1 heterocycles. The Kier molecular flexibility index (Phi) is 2.15. The topological polar surface area (TPSA) is 58.4 Å². The Morgan fingerprint density at radius 3 is 2.91 bits per heavy atom. The first-order valence-corrected chi connectivity index (χ1v) is 3.22. The van der Waals surface area contributed by atoms with Gasteiger partial charge in [-0.1, -0.05) is 5.16 Å². The molecular weight excluding hydrogens is 142 g/mol. The molecule has 4 heteroatoms. The lowest BCUT2D eigenvalue weighted by molar-refractivity contribution is 0.319. The number of aromatic nitrogens is 2. The van der Waals surface area contributed by atoms with Crippen LogP contribution in [0.25, 0.3) is 0 Å². The number of aryl methyl sites for hydroxylation is 1. The van der Waals surface area contributed by atoms with E-state index in [0.29, 0.717) is 17.2 Å². The molecule has 0 aliphatic rings. The molecule has 0 aromatic carbocycles. The highest BCUT2D eigenvalue weighted by molar-refractivity contribution is 5.96. The lowest BCUT2D eigenvalue weighted by atomic mass is 10.3. The summed E-state index contributed by atoms with van der Waals surface area (Å²) in [7, 11) is 0. The maximum atomic E-state index is 8.41. The molecule has 0 amide bonds. The van der Waals surface area contributed by atoms with Crippen molar-refractivity contribution in [2.24, 2.45) is 5.16 Å². The molecule has 0 bridgehead atoms. The van der Waals surface area contributed by atoms with Gasteiger partial charge in [-0.2, -0.15) is 0 Å². The van der Waals surface area contributed by atoms with Crippen molar-refractivity contribution in [2.75, 3.05) is 0 Å². The molecule has 0 fully saturated rings. The van der Waals surface area contributed by atoms with Gasteiger partial charge in [-0.05, 0) is 19.9 Å². The summed E-state index contributed by atoms with van der Waals surface area (Å²) in [4.78, 5) is 7.95. The van der Waals surface area contributed by atoms with E-state index in [2.05, 4.69) is 15.1 Å². The second-order valence-electron chi connectivity index (χ2n) is 2.17. The Hall–Kier alpha value is -1.45. The number of oxime groups is 1. The number of nitrogens with zero attached hydrogens (tertiary/aromatic N) is 3. The van der Waals surface area contributed by atoms with Crippen LogP contribution < -0.4 is 0 Å². The maximum Gasteiger partial charge on any atom is 0.125 e. The van der Waals surface area contributed by atoms with Gasteiger partial charge < -0.3 is 5.21 Å². The molecule has 1 aromatic heterocycles. The van der Waals surface area contributed by atoms with Crippen LogP contribution in [0.1, 0.15) is 18.4 Å². The van der Waals surface area contributed by atoms with E-state index in [0.717, 1.165) is 0 Å². The minimum Gasteiger partial charge on any atom is -0.411 e. The molecule has 0 saturated carbocycles. The van der Waals surface area contributed by atoms with E-state index in [4.69, 9.17) is 5.21 Å². The van der Waals surface area contributed by atoms with Gasteiger partial charge >= 0.3 is 0 Å². The largest absolute Gasteiger partial charge is 0.411 e. The molecule has 11 heavy (non-hydrogen) atoms. The normalized spacial score (nSPS) is 11.6. The summed E-state index contributed by atoms with van der Waals surface area (Å²) in [5, 5.41) is 11.4. The summed E-state index contributed by atoms with van der Waals surface area (Å²) in [5.41, 5.74) is 1.15. The maximum absolute atomic E-state index is 8.41. The summed E-state index contributed by atoms with van der Waals surface area (Å²) in [5.74, 6) is 0.672. The van der Waals surface area contributed by atoms with Gasteiger partial charge in [-0.25, -0.2) is 9.97 Å². The third-order valence-corrected chi connectivity index (χ3v) is 1.30. The van der Waals surface area contributed by atoms with Crippen molar-refractivity contribution in [1.29, 1.82) is 0 Å². The van der Waals surface area contributed by atoms with Crippen molar-refractivity contribution in [3.63, 3.8) is 0 Å². The van der Waals surface area contributed by atoms with E-state index >= 15 is 0 Å². The van der Waals surface area contributed by atoms with Crippen molar-refractivity contribution in [2.45, 2.75) is 13.8 Å². The zero-order valence-electron chi connectivity index (χ0n) is 6.44. The summed E-state index contributed by atoms with van der Waals surface area (Å²) >= 11 is 0. The van der Waals surface area contributed by atoms with Crippen molar-refractivity contribution >= 4 is 5.71 Å². The van der Waals surface area contributed by atoms with Gasteiger partial charge in [-0.15, -0.1) is 0 Å². The predicted molar refractivity (Wildman–Crippen MR) is 40.8 cm³/mol. The van der Waals surface area contributed by atoms with Crippen LogP contribution in [0.4, 0.5) is 0 Å². The van der Waals surface area contributed by atoms with Crippen LogP contribution in [0, 0.1) is 6.92 Å². The Morgan fingerprint density at radius 1 is 1.64 bits per heavy atom. The van der Waals surface area contributed by atoms with E-state index in [1.54, 1.807) is 26.1 Å². The predicted octanol–water partition coefficient (Wildman–Crippen LogP) is 0.983. The Balaban J connectivity index is 3.06. The first kappa shape index (κ1) is 7.65. The standard InChI is InChI=1S/C7H9N3O/c1-5(10-11)7-3-4-8-6(2)9-7/h3-4,11H,1-2H3/b10-5+. The zero-order valence-corrected chi connectivity index (χ0v) is 6.44.